The van der Waals surface area contributed by atoms with E-state index in [-0.39, 0.29) is 11.7 Å². The molecule has 2 heterocycles. The summed E-state index contributed by atoms with van der Waals surface area (Å²) < 4.78 is 16.7. The van der Waals surface area contributed by atoms with Crippen LogP contribution in [0, 0.1) is 5.82 Å². The maximum Gasteiger partial charge on any atom is 0.273 e. The molecule has 2 aromatic carbocycles. The van der Waals surface area contributed by atoms with Gasteiger partial charge in [0.2, 0.25) is 0 Å². The summed E-state index contributed by atoms with van der Waals surface area (Å²) in [5.41, 5.74) is 5.99. The molecular weight excluding hydrogens is 393 g/mol. The second-order valence-electron chi connectivity index (χ2n) is 8.07. The van der Waals surface area contributed by atoms with Gasteiger partial charge in [-0.2, -0.15) is 5.10 Å². The minimum absolute atomic E-state index is 0.257. The van der Waals surface area contributed by atoms with E-state index < -0.39 is 0 Å². The van der Waals surface area contributed by atoms with Crippen molar-refractivity contribution in [2.75, 3.05) is 37.6 Å². The number of hydrogen-bond acceptors (Lipinski definition) is 3. The van der Waals surface area contributed by atoms with E-state index in [4.69, 9.17) is 0 Å². The Morgan fingerprint density at radius 3 is 2.65 bits per heavy atom. The molecule has 31 heavy (non-hydrogen) atoms. The number of para-hydroxylation sites is 1. The third-order valence-electron chi connectivity index (χ3n) is 6.14. The minimum atomic E-state index is -0.287. The first-order chi connectivity index (χ1) is 15.0. The van der Waals surface area contributed by atoms with Crippen LogP contribution in [-0.4, -0.2) is 48.9 Å². The first-order valence-electron chi connectivity index (χ1n) is 10.7. The number of carbonyl (C=O) groups is 1. The van der Waals surface area contributed by atoms with Crippen LogP contribution in [-0.2, 0) is 7.05 Å². The van der Waals surface area contributed by atoms with E-state index >= 15 is 0 Å². The van der Waals surface area contributed by atoms with Crippen LogP contribution >= 0.6 is 0 Å². The topological polar surface area (TPSA) is 54.1 Å². The number of rotatable bonds is 5. The molecule has 0 atom stereocenters. The highest BCUT2D eigenvalue weighted by molar-refractivity contribution is 6.08. The molecule has 1 amide bonds. The standard InChI is InChI=1S/C24H28FN5O/c1-4-29-11-13-30(14-12-29)23-10-9-18(15-21(23)25)17(2)26-27-24(31)20-16-28(3)22-8-6-5-7-19(20)22/h5-10,15-16H,4,11-14H2,1-3H3,(H,27,31)/p+1/b26-17-. The third-order valence-corrected chi connectivity index (χ3v) is 6.14. The molecule has 1 saturated heterocycles. The van der Waals surface area contributed by atoms with Gasteiger partial charge >= 0.3 is 0 Å². The first kappa shape index (κ1) is 21.1. The average molecular weight is 423 g/mol. The van der Waals surface area contributed by atoms with Crippen LogP contribution in [0.25, 0.3) is 10.9 Å². The van der Waals surface area contributed by atoms with Gasteiger partial charge in [0.25, 0.3) is 5.91 Å². The van der Waals surface area contributed by atoms with Crippen LogP contribution in [0.2, 0.25) is 0 Å². The van der Waals surface area contributed by atoms with E-state index in [1.807, 2.05) is 48.0 Å². The van der Waals surface area contributed by atoms with E-state index in [2.05, 4.69) is 22.4 Å². The number of halogens is 1. The number of hydrazone groups is 1. The van der Waals surface area contributed by atoms with Gasteiger partial charge in [-0.1, -0.05) is 24.3 Å². The highest BCUT2D eigenvalue weighted by Crippen LogP contribution is 2.22. The maximum absolute atomic E-state index is 14.8. The molecule has 0 unspecified atom stereocenters. The molecule has 162 valence electrons. The molecule has 0 saturated carbocycles. The molecule has 0 radical (unpaired) electrons. The molecular formula is C24H29FN5O+. The Bertz CT molecular complexity index is 1130. The lowest BCUT2D eigenvalue weighted by molar-refractivity contribution is -0.898. The zero-order valence-electron chi connectivity index (χ0n) is 18.3. The predicted molar refractivity (Wildman–Crippen MR) is 122 cm³/mol. The van der Waals surface area contributed by atoms with Crippen molar-refractivity contribution >= 4 is 28.2 Å². The molecule has 1 aromatic heterocycles. The monoisotopic (exact) mass is 422 g/mol. The van der Waals surface area contributed by atoms with E-state index in [0.717, 1.165) is 43.6 Å². The van der Waals surface area contributed by atoms with Crippen LogP contribution in [0.1, 0.15) is 29.8 Å². The average Bonchev–Trinajstić information content (AvgIpc) is 3.14. The van der Waals surface area contributed by atoms with Crippen LogP contribution < -0.4 is 15.2 Å². The van der Waals surface area contributed by atoms with E-state index in [0.29, 0.717) is 22.5 Å². The van der Waals surface area contributed by atoms with Crippen molar-refractivity contribution in [2.45, 2.75) is 13.8 Å². The Hall–Kier alpha value is -3.19. The van der Waals surface area contributed by atoms with Gasteiger partial charge in [-0.25, -0.2) is 9.82 Å². The summed E-state index contributed by atoms with van der Waals surface area (Å²) in [5.74, 6) is -0.545. The number of amides is 1. The number of fused-ring (bicyclic) bond motifs is 1. The summed E-state index contributed by atoms with van der Waals surface area (Å²) in [5, 5.41) is 5.09. The maximum atomic E-state index is 14.8. The van der Waals surface area contributed by atoms with Crippen LogP contribution in [0.5, 0.6) is 0 Å². The van der Waals surface area contributed by atoms with Gasteiger partial charge in [0.15, 0.2) is 0 Å². The van der Waals surface area contributed by atoms with Crippen LogP contribution in [0.3, 0.4) is 0 Å². The molecule has 0 aliphatic carbocycles. The molecule has 0 spiro atoms. The second kappa shape index (κ2) is 8.89. The molecule has 2 N–H and O–H groups in total. The Kier molecular flexibility index (Phi) is 6.04. The van der Waals surface area contributed by atoms with E-state index in [1.165, 1.54) is 6.07 Å². The number of piperazine rings is 1. The molecule has 1 aliphatic heterocycles. The number of benzene rings is 2. The number of likely N-dealkylation sites (N-methyl/N-ethyl adjacent to an activating group) is 1. The number of quaternary nitrogens is 1. The van der Waals surface area contributed by atoms with Crippen molar-refractivity contribution in [3.8, 4) is 0 Å². The highest BCUT2D eigenvalue weighted by atomic mass is 19.1. The van der Waals surface area contributed by atoms with Gasteiger partial charge in [0.1, 0.15) is 5.82 Å². The van der Waals surface area contributed by atoms with Gasteiger partial charge in [0.05, 0.1) is 49.7 Å². The Morgan fingerprint density at radius 1 is 1.19 bits per heavy atom. The Labute approximate surface area is 181 Å². The molecule has 1 aliphatic rings. The minimum Gasteiger partial charge on any atom is -0.358 e. The SMILES string of the molecule is CC[NH+]1CCN(c2ccc(/C(C)=N\NC(=O)c3cn(C)c4ccccc34)cc2F)CC1. The van der Waals surface area contributed by atoms with Crippen molar-refractivity contribution in [1.82, 2.24) is 9.99 Å². The zero-order valence-corrected chi connectivity index (χ0v) is 18.3. The first-order valence-corrected chi connectivity index (χ1v) is 10.7. The van der Waals surface area contributed by atoms with Gasteiger partial charge < -0.3 is 14.4 Å². The number of nitrogens with zero attached hydrogens (tertiary/aromatic N) is 3. The van der Waals surface area contributed by atoms with Crippen molar-refractivity contribution in [3.63, 3.8) is 0 Å². The summed E-state index contributed by atoms with van der Waals surface area (Å²) >= 11 is 0. The lowest BCUT2D eigenvalue weighted by atomic mass is 10.1. The molecule has 6 nitrogen and oxygen atoms in total. The fourth-order valence-corrected chi connectivity index (χ4v) is 4.19. The quantitative estimate of drug-likeness (QED) is 0.489. The predicted octanol–water partition coefficient (Wildman–Crippen LogP) is 2.20. The van der Waals surface area contributed by atoms with Gasteiger partial charge in [-0.15, -0.1) is 0 Å². The summed E-state index contributed by atoms with van der Waals surface area (Å²) in [6.45, 7) is 8.82. The second-order valence-corrected chi connectivity index (χ2v) is 8.07. The number of aromatic nitrogens is 1. The molecule has 3 aromatic rings. The third kappa shape index (κ3) is 4.32. The van der Waals surface area contributed by atoms with Crippen molar-refractivity contribution in [3.05, 3.63) is 65.6 Å². The molecule has 1 fully saturated rings. The fraction of sp³-hybridized carbons (Fsp3) is 0.333. The van der Waals surface area contributed by atoms with Crippen LogP contribution in [0.15, 0.2) is 53.8 Å². The van der Waals surface area contributed by atoms with Crippen LogP contribution in [0.4, 0.5) is 10.1 Å². The number of anilines is 1. The van der Waals surface area contributed by atoms with Crippen molar-refractivity contribution in [2.24, 2.45) is 12.1 Å². The Balaban J connectivity index is 1.47. The molecule has 0 bridgehead atoms. The van der Waals surface area contributed by atoms with E-state index in [1.54, 1.807) is 18.0 Å². The summed E-state index contributed by atoms with van der Waals surface area (Å²) in [6.07, 6.45) is 1.79. The Morgan fingerprint density at radius 2 is 1.94 bits per heavy atom. The lowest BCUT2D eigenvalue weighted by Gasteiger charge is -2.33. The summed E-state index contributed by atoms with van der Waals surface area (Å²) in [6, 6.07) is 12.9. The van der Waals surface area contributed by atoms with Crippen molar-refractivity contribution in [1.29, 1.82) is 0 Å². The smallest absolute Gasteiger partial charge is 0.273 e. The van der Waals surface area contributed by atoms with Gasteiger partial charge in [0, 0.05) is 29.7 Å². The molecule has 7 heteroatoms. The number of aryl methyl sites for hydroxylation is 1. The summed E-state index contributed by atoms with van der Waals surface area (Å²) in [4.78, 5) is 16.3. The summed E-state index contributed by atoms with van der Waals surface area (Å²) in [7, 11) is 1.90. The number of hydrogen-bond donors (Lipinski definition) is 2. The highest BCUT2D eigenvalue weighted by Gasteiger charge is 2.21. The van der Waals surface area contributed by atoms with E-state index in [9.17, 15) is 9.18 Å². The lowest BCUT2D eigenvalue weighted by Crippen LogP contribution is -3.14. The zero-order chi connectivity index (χ0) is 22.0. The largest absolute Gasteiger partial charge is 0.358 e. The molecule has 4 rings (SSSR count). The fourth-order valence-electron chi connectivity index (χ4n) is 4.19. The number of nitrogens with one attached hydrogen (secondary N) is 2. The normalized spacial score (nSPS) is 15.5. The van der Waals surface area contributed by atoms with Crippen molar-refractivity contribution < 1.29 is 14.1 Å². The number of carbonyl (C=O) groups excluding carboxylic acids is 1. The van der Waals surface area contributed by atoms with Gasteiger partial charge in [-0.05, 0) is 32.0 Å². The van der Waals surface area contributed by atoms with Gasteiger partial charge in [-0.3, -0.25) is 4.79 Å².